The highest BCUT2D eigenvalue weighted by atomic mass is 35.5. The van der Waals surface area contributed by atoms with Crippen LogP contribution in [0.4, 0.5) is 5.69 Å². The van der Waals surface area contributed by atoms with Crippen molar-refractivity contribution < 1.29 is 4.79 Å². The summed E-state index contributed by atoms with van der Waals surface area (Å²) in [6.07, 6.45) is 14.4. The Balaban J connectivity index is 1.67. The first-order valence-corrected chi connectivity index (χ1v) is 9.33. The summed E-state index contributed by atoms with van der Waals surface area (Å²) >= 11 is 6.06. The molecular formula is C21H25ClN2O. The maximum atomic E-state index is 12.7. The van der Waals surface area contributed by atoms with Crippen LogP contribution in [0.1, 0.15) is 38.7 Å². The average molecular weight is 357 g/mol. The number of allylic oxidation sites excluding steroid dienone is 4. The molecule has 1 fully saturated rings. The van der Waals surface area contributed by atoms with E-state index in [-0.39, 0.29) is 17.5 Å². The average Bonchev–Trinajstić information content (AvgIpc) is 3.40. The number of hydrogen-bond donors (Lipinski definition) is 2. The van der Waals surface area contributed by atoms with E-state index in [0.29, 0.717) is 0 Å². The molecule has 3 rings (SSSR count). The van der Waals surface area contributed by atoms with Crippen LogP contribution in [0.5, 0.6) is 0 Å². The van der Waals surface area contributed by atoms with E-state index in [2.05, 4.69) is 47.9 Å². The third-order valence-corrected chi connectivity index (χ3v) is 5.10. The van der Waals surface area contributed by atoms with Crippen LogP contribution in [0.15, 0.2) is 54.2 Å². The minimum absolute atomic E-state index is 0.0250. The number of amides is 1. The molecule has 2 aliphatic carbocycles. The van der Waals surface area contributed by atoms with Crippen molar-refractivity contribution in [2.45, 2.75) is 51.1 Å². The van der Waals surface area contributed by atoms with Gasteiger partial charge >= 0.3 is 0 Å². The van der Waals surface area contributed by atoms with Crippen molar-refractivity contribution in [2.75, 3.05) is 5.32 Å². The first kappa shape index (κ1) is 17.8. The third-order valence-electron chi connectivity index (χ3n) is 4.86. The van der Waals surface area contributed by atoms with Crippen molar-refractivity contribution in [1.29, 1.82) is 0 Å². The predicted molar refractivity (Wildman–Crippen MR) is 105 cm³/mol. The molecule has 2 aliphatic rings. The van der Waals surface area contributed by atoms with Crippen LogP contribution in [0.3, 0.4) is 0 Å². The summed E-state index contributed by atoms with van der Waals surface area (Å²) in [7, 11) is 0. The molecule has 25 heavy (non-hydrogen) atoms. The molecule has 0 aliphatic heterocycles. The second kappa shape index (κ2) is 7.49. The van der Waals surface area contributed by atoms with Crippen molar-refractivity contribution >= 4 is 23.2 Å². The first-order valence-electron chi connectivity index (χ1n) is 8.95. The molecule has 2 N–H and O–H groups in total. The van der Waals surface area contributed by atoms with E-state index in [0.717, 1.165) is 42.0 Å². The first-order chi connectivity index (χ1) is 12.0. The SMILES string of the molecule is CCc1cc(Cl)ccc1NC(C)C(=O)NC1(C2=CC=CCC=C2)CC1. The topological polar surface area (TPSA) is 41.1 Å². The van der Waals surface area contributed by atoms with Gasteiger partial charge in [0.2, 0.25) is 5.91 Å². The number of carbonyl (C=O) groups excluding carboxylic acids is 1. The Kier molecular flexibility index (Phi) is 5.33. The lowest BCUT2D eigenvalue weighted by molar-refractivity contribution is -0.122. The smallest absolute Gasteiger partial charge is 0.242 e. The molecule has 1 atom stereocenters. The Hall–Kier alpha value is -2.00. The number of benzene rings is 1. The lowest BCUT2D eigenvalue weighted by atomic mass is 10.0. The van der Waals surface area contributed by atoms with Crippen LogP contribution >= 0.6 is 11.6 Å². The van der Waals surface area contributed by atoms with Gasteiger partial charge in [0.05, 0.1) is 5.54 Å². The lowest BCUT2D eigenvalue weighted by Crippen LogP contribution is -2.45. The summed E-state index contributed by atoms with van der Waals surface area (Å²) in [4.78, 5) is 12.7. The minimum atomic E-state index is -0.310. The molecule has 1 aromatic carbocycles. The molecule has 0 bridgehead atoms. The Morgan fingerprint density at radius 3 is 2.84 bits per heavy atom. The van der Waals surface area contributed by atoms with Gasteiger partial charge in [0.1, 0.15) is 6.04 Å². The normalized spacial score (nSPS) is 18.9. The monoisotopic (exact) mass is 356 g/mol. The van der Waals surface area contributed by atoms with Crippen LogP contribution in [-0.2, 0) is 11.2 Å². The fourth-order valence-electron chi connectivity index (χ4n) is 3.15. The van der Waals surface area contributed by atoms with Crippen LogP contribution in [0, 0.1) is 0 Å². The van der Waals surface area contributed by atoms with Gasteiger partial charge in [-0.3, -0.25) is 4.79 Å². The van der Waals surface area contributed by atoms with Crippen LogP contribution in [-0.4, -0.2) is 17.5 Å². The standard InChI is InChI=1S/C21H25ClN2O/c1-3-16-14-18(22)10-11-19(16)23-15(2)20(25)24-21(12-13-21)17-8-6-4-5-7-9-17/h4,6-11,14-15,23H,3,5,12-13H2,1-2H3,(H,24,25). The molecule has 1 amide bonds. The lowest BCUT2D eigenvalue weighted by Gasteiger charge is -2.23. The number of nitrogens with one attached hydrogen (secondary N) is 2. The summed E-state index contributed by atoms with van der Waals surface area (Å²) in [5.74, 6) is 0.0250. The van der Waals surface area contributed by atoms with Gasteiger partial charge < -0.3 is 10.6 Å². The maximum Gasteiger partial charge on any atom is 0.242 e. The van der Waals surface area contributed by atoms with Crippen molar-refractivity contribution in [3.63, 3.8) is 0 Å². The van der Waals surface area contributed by atoms with Gasteiger partial charge in [-0.25, -0.2) is 0 Å². The van der Waals surface area contributed by atoms with Crippen molar-refractivity contribution in [1.82, 2.24) is 5.32 Å². The largest absolute Gasteiger partial charge is 0.374 e. The third kappa shape index (κ3) is 4.16. The van der Waals surface area contributed by atoms with E-state index in [1.54, 1.807) is 0 Å². The zero-order valence-electron chi connectivity index (χ0n) is 14.8. The Bertz CT molecular complexity index is 744. The highest BCUT2D eigenvalue weighted by Crippen LogP contribution is 2.43. The zero-order chi connectivity index (χ0) is 17.9. The van der Waals surface area contributed by atoms with E-state index < -0.39 is 0 Å². The highest BCUT2D eigenvalue weighted by Gasteiger charge is 2.46. The van der Waals surface area contributed by atoms with Gasteiger partial charge in [0, 0.05) is 10.7 Å². The van der Waals surface area contributed by atoms with Gasteiger partial charge in [-0.15, -0.1) is 0 Å². The summed E-state index contributed by atoms with van der Waals surface area (Å²) in [6.45, 7) is 3.98. The van der Waals surface area contributed by atoms with Crippen LogP contribution in [0.25, 0.3) is 0 Å². The Morgan fingerprint density at radius 1 is 1.32 bits per heavy atom. The highest BCUT2D eigenvalue weighted by molar-refractivity contribution is 6.30. The molecular weight excluding hydrogens is 332 g/mol. The molecule has 1 aromatic rings. The fourth-order valence-corrected chi connectivity index (χ4v) is 3.34. The summed E-state index contributed by atoms with van der Waals surface area (Å²) < 4.78 is 0. The summed E-state index contributed by atoms with van der Waals surface area (Å²) in [5.41, 5.74) is 3.09. The predicted octanol–water partition coefficient (Wildman–Crippen LogP) is 4.79. The van der Waals surface area contributed by atoms with E-state index in [4.69, 9.17) is 11.6 Å². The molecule has 0 saturated heterocycles. The van der Waals surface area contributed by atoms with E-state index in [9.17, 15) is 4.79 Å². The number of hydrogen-bond acceptors (Lipinski definition) is 2. The molecule has 0 spiro atoms. The van der Waals surface area contributed by atoms with E-state index >= 15 is 0 Å². The fraction of sp³-hybridized carbons (Fsp3) is 0.381. The Morgan fingerprint density at radius 2 is 2.12 bits per heavy atom. The van der Waals surface area contributed by atoms with Crippen molar-refractivity contribution in [2.24, 2.45) is 0 Å². The minimum Gasteiger partial charge on any atom is -0.374 e. The van der Waals surface area contributed by atoms with Gasteiger partial charge in [0.15, 0.2) is 0 Å². The molecule has 3 nitrogen and oxygen atoms in total. The molecule has 132 valence electrons. The number of anilines is 1. The molecule has 1 saturated carbocycles. The maximum absolute atomic E-state index is 12.7. The molecule has 0 heterocycles. The van der Waals surface area contributed by atoms with Crippen LogP contribution in [0.2, 0.25) is 5.02 Å². The summed E-state index contributed by atoms with van der Waals surface area (Å²) in [6, 6.07) is 5.43. The second-order valence-electron chi connectivity index (χ2n) is 6.78. The van der Waals surface area contributed by atoms with E-state index in [1.165, 1.54) is 5.57 Å². The van der Waals surface area contributed by atoms with Gasteiger partial charge in [-0.1, -0.05) is 48.9 Å². The van der Waals surface area contributed by atoms with E-state index in [1.807, 2.05) is 25.1 Å². The number of carbonyl (C=O) groups is 1. The van der Waals surface area contributed by atoms with Gasteiger partial charge in [-0.05, 0) is 61.9 Å². The zero-order valence-corrected chi connectivity index (χ0v) is 15.6. The number of aryl methyl sites for hydroxylation is 1. The van der Waals surface area contributed by atoms with Crippen LogP contribution < -0.4 is 10.6 Å². The molecule has 0 radical (unpaired) electrons. The van der Waals surface area contributed by atoms with Gasteiger partial charge in [0.25, 0.3) is 0 Å². The molecule has 4 heteroatoms. The van der Waals surface area contributed by atoms with Gasteiger partial charge in [-0.2, -0.15) is 0 Å². The molecule has 1 unspecified atom stereocenters. The second-order valence-corrected chi connectivity index (χ2v) is 7.22. The number of rotatable bonds is 6. The van der Waals surface area contributed by atoms with Crippen molar-refractivity contribution in [3.05, 3.63) is 64.7 Å². The molecule has 0 aromatic heterocycles. The quantitative estimate of drug-likeness (QED) is 0.769. The number of halogens is 1. The van der Waals surface area contributed by atoms with Crippen molar-refractivity contribution in [3.8, 4) is 0 Å². The summed E-state index contributed by atoms with van der Waals surface area (Å²) in [5, 5.41) is 7.30. The Labute approximate surface area is 154 Å².